The van der Waals surface area contributed by atoms with Crippen LogP contribution < -0.4 is 5.73 Å². The topological polar surface area (TPSA) is 46.3 Å². The molecule has 110 valence electrons. The summed E-state index contributed by atoms with van der Waals surface area (Å²) in [5.74, 6) is 1.91. The minimum atomic E-state index is 0.256. The van der Waals surface area contributed by atoms with E-state index in [2.05, 4.69) is 18.7 Å². The third-order valence-electron chi connectivity index (χ3n) is 5.09. The van der Waals surface area contributed by atoms with Gasteiger partial charge in [-0.25, -0.2) is 0 Å². The summed E-state index contributed by atoms with van der Waals surface area (Å²) < 4.78 is 0. The molecule has 3 nitrogen and oxygen atoms in total. The maximum atomic E-state index is 12.7. The number of amides is 1. The first-order valence-corrected chi connectivity index (χ1v) is 8.21. The lowest BCUT2D eigenvalue weighted by Crippen LogP contribution is -2.39. The maximum Gasteiger partial charge on any atom is 0.225 e. The molecule has 19 heavy (non-hydrogen) atoms. The highest BCUT2D eigenvalue weighted by Crippen LogP contribution is 2.36. The standard InChI is InChI=1S/C16H30N2O/c1-3-6-12(7-4-2)16(19)18-10-13-8-5-9-15(17)14(13)11-18/h12-15H,3-11,17H2,1-2H3. The van der Waals surface area contributed by atoms with Gasteiger partial charge in [-0.05, 0) is 37.5 Å². The second-order valence-electron chi connectivity index (χ2n) is 6.54. The molecule has 2 fully saturated rings. The fourth-order valence-corrected chi connectivity index (χ4v) is 4.04. The molecule has 1 amide bonds. The minimum absolute atomic E-state index is 0.256. The third-order valence-corrected chi connectivity index (χ3v) is 5.09. The SMILES string of the molecule is CCCC(CCC)C(=O)N1CC2CCCC(N)C2C1. The van der Waals surface area contributed by atoms with Gasteiger partial charge in [0.25, 0.3) is 0 Å². The Bertz CT molecular complexity index is 299. The molecule has 0 aromatic heterocycles. The average Bonchev–Trinajstić information content (AvgIpc) is 2.83. The van der Waals surface area contributed by atoms with E-state index in [-0.39, 0.29) is 5.92 Å². The average molecular weight is 266 g/mol. The highest BCUT2D eigenvalue weighted by Gasteiger charge is 2.41. The van der Waals surface area contributed by atoms with Crippen LogP contribution in [0.15, 0.2) is 0 Å². The number of nitrogens with two attached hydrogens (primary N) is 1. The van der Waals surface area contributed by atoms with Crippen LogP contribution in [0.1, 0.15) is 58.8 Å². The summed E-state index contributed by atoms with van der Waals surface area (Å²) in [6.07, 6.45) is 7.98. The van der Waals surface area contributed by atoms with Crippen molar-refractivity contribution in [2.45, 2.75) is 64.8 Å². The van der Waals surface area contributed by atoms with Gasteiger partial charge in [0.15, 0.2) is 0 Å². The summed E-state index contributed by atoms with van der Waals surface area (Å²) in [7, 11) is 0. The lowest BCUT2D eigenvalue weighted by Gasteiger charge is -2.29. The van der Waals surface area contributed by atoms with Crippen LogP contribution in [0.5, 0.6) is 0 Å². The van der Waals surface area contributed by atoms with Crippen LogP contribution in [0.3, 0.4) is 0 Å². The van der Waals surface area contributed by atoms with Crippen LogP contribution >= 0.6 is 0 Å². The van der Waals surface area contributed by atoms with Gasteiger partial charge in [0, 0.05) is 25.0 Å². The Kier molecular flexibility index (Phi) is 5.26. The molecule has 1 saturated heterocycles. The fourth-order valence-electron chi connectivity index (χ4n) is 4.04. The van der Waals surface area contributed by atoms with Crippen LogP contribution in [-0.2, 0) is 4.79 Å². The maximum absolute atomic E-state index is 12.7. The molecule has 3 unspecified atom stereocenters. The van der Waals surface area contributed by atoms with Crippen molar-refractivity contribution in [3.05, 3.63) is 0 Å². The van der Waals surface area contributed by atoms with Crippen LogP contribution in [0, 0.1) is 17.8 Å². The summed E-state index contributed by atoms with van der Waals surface area (Å²) >= 11 is 0. The molecule has 1 saturated carbocycles. The smallest absolute Gasteiger partial charge is 0.225 e. The second-order valence-corrected chi connectivity index (χ2v) is 6.54. The van der Waals surface area contributed by atoms with E-state index in [4.69, 9.17) is 5.73 Å². The fraction of sp³-hybridized carbons (Fsp3) is 0.938. The summed E-state index contributed by atoms with van der Waals surface area (Å²) in [6.45, 7) is 6.25. The molecule has 2 aliphatic rings. The number of nitrogens with zero attached hydrogens (tertiary/aromatic N) is 1. The van der Waals surface area contributed by atoms with Crippen LogP contribution in [-0.4, -0.2) is 29.9 Å². The molecule has 0 aromatic rings. The van der Waals surface area contributed by atoms with E-state index >= 15 is 0 Å². The van der Waals surface area contributed by atoms with Gasteiger partial charge >= 0.3 is 0 Å². The van der Waals surface area contributed by atoms with Crippen LogP contribution in [0.4, 0.5) is 0 Å². The molecule has 0 radical (unpaired) electrons. The Morgan fingerprint density at radius 2 is 1.89 bits per heavy atom. The lowest BCUT2D eigenvalue weighted by molar-refractivity contribution is -0.135. The van der Waals surface area contributed by atoms with Crippen molar-refractivity contribution in [3.63, 3.8) is 0 Å². The molecule has 1 aliphatic carbocycles. The lowest BCUT2D eigenvalue weighted by atomic mass is 9.78. The van der Waals surface area contributed by atoms with Gasteiger partial charge in [0.2, 0.25) is 5.91 Å². The van der Waals surface area contributed by atoms with Gasteiger partial charge in [0.05, 0.1) is 0 Å². The largest absolute Gasteiger partial charge is 0.342 e. The molecular weight excluding hydrogens is 236 g/mol. The van der Waals surface area contributed by atoms with Crippen molar-refractivity contribution in [1.29, 1.82) is 0 Å². The van der Waals surface area contributed by atoms with Gasteiger partial charge in [-0.15, -0.1) is 0 Å². The van der Waals surface area contributed by atoms with Crippen molar-refractivity contribution in [3.8, 4) is 0 Å². The molecular formula is C16H30N2O. The minimum Gasteiger partial charge on any atom is -0.342 e. The number of rotatable bonds is 5. The van der Waals surface area contributed by atoms with Crippen LogP contribution in [0.25, 0.3) is 0 Å². The predicted molar refractivity (Wildman–Crippen MR) is 78.7 cm³/mol. The van der Waals surface area contributed by atoms with Crippen molar-refractivity contribution >= 4 is 5.91 Å². The first-order valence-electron chi connectivity index (χ1n) is 8.21. The molecule has 1 aliphatic heterocycles. The molecule has 3 heteroatoms. The zero-order chi connectivity index (χ0) is 13.8. The number of fused-ring (bicyclic) bond motifs is 1. The molecule has 3 atom stereocenters. The zero-order valence-electron chi connectivity index (χ0n) is 12.6. The predicted octanol–water partition coefficient (Wildman–Crippen LogP) is 2.79. The highest BCUT2D eigenvalue weighted by molar-refractivity contribution is 5.79. The third kappa shape index (κ3) is 3.31. The van der Waals surface area contributed by atoms with E-state index in [0.717, 1.165) is 45.2 Å². The van der Waals surface area contributed by atoms with Gasteiger partial charge < -0.3 is 10.6 Å². The summed E-state index contributed by atoms with van der Waals surface area (Å²) in [5.41, 5.74) is 6.24. The van der Waals surface area contributed by atoms with E-state index in [1.54, 1.807) is 0 Å². The van der Waals surface area contributed by atoms with Crippen molar-refractivity contribution in [1.82, 2.24) is 4.90 Å². The molecule has 2 rings (SSSR count). The van der Waals surface area contributed by atoms with Gasteiger partial charge in [0.1, 0.15) is 0 Å². The number of hydrogen-bond acceptors (Lipinski definition) is 2. The number of carbonyl (C=O) groups is 1. The Balaban J connectivity index is 1.96. The normalized spacial score (nSPS) is 30.7. The molecule has 0 aromatic carbocycles. The van der Waals surface area contributed by atoms with E-state index in [0.29, 0.717) is 23.8 Å². The number of carbonyl (C=O) groups excluding carboxylic acids is 1. The first kappa shape index (κ1) is 14.8. The number of likely N-dealkylation sites (tertiary alicyclic amines) is 1. The monoisotopic (exact) mass is 266 g/mol. The van der Waals surface area contributed by atoms with Crippen LogP contribution in [0.2, 0.25) is 0 Å². The second kappa shape index (κ2) is 6.74. The summed E-state index contributed by atoms with van der Waals surface area (Å²) in [4.78, 5) is 14.8. The van der Waals surface area contributed by atoms with E-state index in [1.165, 1.54) is 12.8 Å². The van der Waals surface area contributed by atoms with Gasteiger partial charge in [-0.3, -0.25) is 4.79 Å². The summed E-state index contributed by atoms with van der Waals surface area (Å²) in [5, 5.41) is 0. The first-order chi connectivity index (χ1) is 9.17. The molecule has 2 N–H and O–H groups in total. The molecule has 1 heterocycles. The Hall–Kier alpha value is -0.570. The van der Waals surface area contributed by atoms with E-state index in [9.17, 15) is 4.79 Å². The Morgan fingerprint density at radius 3 is 2.47 bits per heavy atom. The van der Waals surface area contributed by atoms with Crippen molar-refractivity contribution < 1.29 is 4.79 Å². The summed E-state index contributed by atoms with van der Waals surface area (Å²) in [6, 6.07) is 0.326. The van der Waals surface area contributed by atoms with Crippen molar-refractivity contribution in [2.24, 2.45) is 23.5 Å². The van der Waals surface area contributed by atoms with Crippen molar-refractivity contribution in [2.75, 3.05) is 13.1 Å². The molecule has 0 bridgehead atoms. The zero-order valence-corrected chi connectivity index (χ0v) is 12.6. The Labute approximate surface area is 117 Å². The molecule has 0 spiro atoms. The van der Waals surface area contributed by atoms with Gasteiger partial charge in [-0.1, -0.05) is 33.1 Å². The van der Waals surface area contributed by atoms with Gasteiger partial charge in [-0.2, -0.15) is 0 Å². The number of hydrogen-bond donors (Lipinski definition) is 1. The van der Waals surface area contributed by atoms with E-state index in [1.807, 2.05) is 0 Å². The van der Waals surface area contributed by atoms with E-state index < -0.39 is 0 Å². The Morgan fingerprint density at radius 1 is 1.21 bits per heavy atom. The highest BCUT2D eigenvalue weighted by atomic mass is 16.2. The quantitative estimate of drug-likeness (QED) is 0.831.